The van der Waals surface area contributed by atoms with E-state index in [1.54, 1.807) is 0 Å². The number of non-ortho nitro benzene ring substituents is 1. The fourth-order valence-electron chi connectivity index (χ4n) is 1.84. The summed E-state index contributed by atoms with van der Waals surface area (Å²) in [7, 11) is 0. The Labute approximate surface area is 135 Å². The van der Waals surface area contributed by atoms with E-state index in [-0.39, 0.29) is 27.8 Å². The zero-order valence-corrected chi connectivity index (χ0v) is 12.5. The van der Waals surface area contributed by atoms with Crippen LogP contribution in [0.25, 0.3) is 0 Å². The third-order valence-corrected chi connectivity index (χ3v) is 3.32. The maximum Gasteiger partial charge on any atom is 0.288 e. The number of phenolic OH excluding ortho intramolecular Hbond substituents is 1. The summed E-state index contributed by atoms with van der Waals surface area (Å²) < 4.78 is 0. The van der Waals surface area contributed by atoms with Gasteiger partial charge in [0.2, 0.25) is 0 Å². The predicted molar refractivity (Wildman–Crippen MR) is 84.9 cm³/mol. The van der Waals surface area contributed by atoms with Gasteiger partial charge in [-0.05, 0) is 24.1 Å². The molecule has 0 aliphatic heterocycles. The largest absolute Gasteiger partial charge is 0.505 e. The molecular weight excluding hydrogens is 326 g/mol. The van der Waals surface area contributed by atoms with Crippen molar-refractivity contribution in [3.05, 3.63) is 66.7 Å². The number of hydrogen-bond donors (Lipinski definition) is 1. The molecule has 2 rings (SSSR count). The Morgan fingerprint density at radius 3 is 2.48 bits per heavy atom. The third kappa shape index (κ3) is 3.61. The number of nitro benzene ring substituents is 2. The Morgan fingerprint density at radius 1 is 1.17 bits per heavy atom. The quantitative estimate of drug-likeness (QED) is 0.516. The van der Waals surface area contributed by atoms with E-state index in [2.05, 4.69) is 4.99 Å². The lowest BCUT2D eigenvalue weighted by molar-refractivity contribution is -0.385. The van der Waals surface area contributed by atoms with E-state index in [4.69, 9.17) is 11.6 Å². The number of aliphatic imine (C=N–C) groups is 1. The first-order valence-corrected chi connectivity index (χ1v) is 6.63. The smallest absolute Gasteiger partial charge is 0.288 e. The maximum atomic E-state index is 10.8. The second kappa shape index (κ2) is 6.41. The Morgan fingerprint density at radius 2 is 1.87 bits per heavy atom. The SMILES string of the molecule is Cc1cc([N+](=O)[O-])cc(N=Cc2ccc(Cl)c([N+](=O)[O-])c2)c1O. The molecule has 0 saturated carbocycles. The van der Waals surface area contributed by atoms with Crippen molar-refractivity contribution in [1.29, 1.82) is 0 Å². The van der Waals surface area contributed by atoms with Gasteiger partial charge in [0.1, 0.15) is 16.5 Å². The van der Waals surface area contributed by atoms with E-state index >= 15 is 0 Å². The average molecular weight is 336 g/mol. The van der Waals surface area contributed by atoms with E-state index in [0.29, 0.717) is 11.1 Å². The number of halogens is 1. The van der Waals surface area contributed by atoms with Gasteiger partial charge in [0.15, 0.2) is 0 Å². The van der Waals surface area contributed by atoms with E-state index in [1.165, 1.54) is 37.4 Å². The van der Waals surface area contributed by atoms with Crippen LogP contribution in [0, 0.1) is 27.2 Å². The standard InChI is InChI=1S/C14H10ClN3O5/c1-8-4-10(17(20)21)6-12(14(8)19)16-7-9-2-3-11(15)13(5-9)18(22)23/h2-7,19H,1H3. The monoisotopic (exact) mass is 335 g/mol. The number of phenols is 1. The van der Waals surface area contributed by atoms with Crippen LogP contribution in [0.5, 0.6) is 5.75 Å². The summed E-state index contributed by atoms with van der Waals surface area (Å²) >= 11 is 5.71. The number of benzene rings is 2. The van der Waals surface area contributed by atoms with Crippen molar-refractivity contribution in [1.82, 2.24) is 0 Å². The zero-order chi connectivity index (χ0) is 17.1. The summed E-state index contributed by atoms with van der Waals surface area (Å²) in [5.41, 5.74) is 0.164. The second-order valence-electron chi connectivity index (χ2n) is 4.61. The highest BCUT2D eigenvalue weighted by Gasteiger charge is 2.14. The number of aryl methyl sites for hydroxylation is 1. The third-order valence-electron chi connectivity index (χ3n) is 3.00. The Hall–Kier alpha value is -3.00. The fraction of sp³-hybridized carbons (Fsp3) is 0.0714. The van der Waals surface area contributed by atoms with Gasteiger partial charge in [0.05, 0.1) is 9.85 Å². The molecule has 23 heavy (non-hydrogen) atoms. The fourth-order valence-corrected chi connectivity index (χ4v) is 2.03. The highest BCUT2D eigenvalue weighted by molar-refractivity contribution is 6.32. The molecule has 0 atom stereocenters. The highest BCUT2D eigenvalue weighted by Crippen LogP contribution is 2.34. The van der Waals surface area contributed by atoms with Crippen molar-refractivity contribution < 1.29 is 15.0 Å². The molecule has 8 nitrogen and oxygen atoms in total. The second-order valence-corrected chi connectivity index (χ2v) is 5.02. The molecule has 0 aliphatic rings. The van der Waals surface area contributed by atoms with Gasteiger partial charge in [-0.1, -0.05) is 17.7 Å². The molecule has 0 radical (unpaired) electrons. The van der Waals surface area contributed by atoms with Crippen LogP contribution in [0.15, 0.2) is 35.3 Å². The summed E-state index contributed by atoms with van der Waals surface area (Å²) in [5.74, 6) is -0.199. The molecule has 9 heteroatoms. The first-order chi connectivity index (χ1) is 10.8. The van der Waals surface area contributed by atoms with Gasteiger partial charge in [0, 0.05) is 24.4 Å². The summed E-state index contributed by atoms with van der Waals surface area (Å²) in [6.45, 7) is 1.51. The molecule has 0 heterocycles. The minimum absolute atomic E-state index is 0.00527. The molecule has 2 aromatic carbocycles. The molecule has 118 valence electrons. The predicted octanol–water partition coefficient (Wildman–Crippen LogP) is 3.92. The van der Waals surface area contributed by atoms with Gasteiger partial charge in [0.25, 0.3) is 11.4 Å². The molecule has 0 bridgehead atoms. The molecule has 1 N–H and O–H groups in total. The number of aromatic hydroxyl groups is 1. The van der Waals surface area contributed by atoms with Crippen LogP contribution >= 0.6 is 11.6 Å². The zero-order valence-electron chi connectivity index (χ0n) is 11.8. The highest BCUT2D eigenvalue weighted by atomic mass is 35.5. The van der Waals surface area contributed by atoms with Crippen LogP contribution in [0.3, 0.4) is 0 Å². The van der Waals surface area contributed by atoms with Crippen molar-refractivity contribution in [2.75, 3.05) is 0 Å². The Bertz CT molecular complexity index is 835. The first-order valence-electron chi connectivity index (χ1n) is 6.25. The van der Waals surface area contributed by atoms with Crippen molar-refractivity contribution in [2.45, 2.75) is 6.92 Å². The van der Waals surface area contributed by atoms with Gasteiger partial charge >= 0.3 is 0 Å². The normalized spacial score (nSPS) is 10.9. The lowest BCUT2D eigenvalue weighted by atomic mass is 10.1. The van der Waals surface area contributed by atoms with E-state index in [1.807, 2.05) is 0 Å². The van der Waals surface area contributed by atoms with Crippen molar-refractivity contribution in [2.24, 2.45) is 4.99 Å². The van der Waals surface area contributed by atoms with Crippen LogP contribution in [0.1, 0.15) is 11.1 Å². The molecule has 0 fully saturated rings. The summed E-state index contributed by atoms with van der Waals surface area (Å²) in [6, 6.07) is 6.40. The number of nitro groups is 2. The summed E-state index contributed by atoms with van der Waals surface area (Å²) in [6.07, 6.45) is 1.25. The number of rotatable bonds is 4. The Kier molecular flexibility index (Phi) is 4.56. The molecule has 0 saturated heterocycles. The Balaban J connectivity index is 2.43. The van der Waals surface area contributed by atoms with E-state index in [9.17, 15) is 25.3 Å². The maximum absolute atomic E-state index is 10.8. The van der Waals surface area contributed by atoms with Gasteiger partial charge in [-0.3, -0.25) is 25.2 Å². The summed E-state index contributed by atoms with van der Waals surface area (Å²) in [5, 5.41) is 31.5. The topological polar surface area (TPSA) is 119 Å². The minimum Gasteiger partial charge on any atom is -0.505 e. The van der Waals surface area contributed by atoms with Gasteiger partial charge in [-0.2, -0.15) is 0 Å². The van der Waals surface area contributed by atoms with E-state index in [0.717, 1.165) is 6.07 Å². The van der Waals surface area contributed by atoms with E-state index < -0.39 is 9.85 Å². The van der Waals surface area contributed by atoms with Crippen LogP contribution in [-0.2, 0) is 0 Å². The molecule has 0 unspecified atom stereocenters. The van der Waals surface area contributed by atoms with Crippen molar-refractivity contribution in [3.63, 3.8) is 0 Å². The molecule has 0 aromatic heterocycles. The van der Waals surface area contributed by atoms with Crippen LogP contribution < -0.4 is 0 Å². The number of hydrogen-bond acceptors (Lipinski definition) is 6. The molecule has 2 aromatic rings. The van der Waals surface area contributed by atoms with Gasteiger partial charge in [-0.15, -0.1) is 0 Å². The number of nitrogens with zero attached hydrogens (tertiary/aromatic N) is 3. The average Bonchev–Trinajstić information content (AvgIpc) is 2.49. The summed E-state index contributed by atoms with van der Waals surface area (Å²) in [4.78, 5) is 24.4. The van der Waals surface area contributed by atoms with Crippen molar-refractivity contribution in [3.8, 4) is 5.75 Å². The van der Waals surface area contributed by atoms with Crippen LogP contribution in [0.4, 0.5) is 17.1 Å². The van der Waals surface area contributed by atoms with Crippen LogP contribution in [-0.4, -0.2) is 21.2 Å². The lowest BCUT2D eigenvalue weighted by Gasteiger charge is -2.03. The van der Waals surface area contributed by atoms with Crippen molar-refractivity contribution >= 4 is 34.9 Å². The molecule has 0 aliphatic carbocycles. The van der Waals surface area contributed by atoms with Gasteiger partial charge < -0.3 is 5.11 Å². The molecule has 0 amide bonds. The molecule has 0 spiro atoms. The minimum atomic E-state index is -0.630. The molecular formula is C14H10ClN3O5. The van der Waals surface area contributed by atoms with Crippen LogP contribution in [0.2, 0.25) is 5.02 Å². The first kappa shape index (κ1) is 16.4. The lowest BCUT2D eigenvalue weighted by Crippen LogP contribution is -1.92. The van der Waals surface area contributed by atoms with Gasteiger partial charge in [-0.25, -0.2) is 0 Å².